The van der Waals surface area contributed by atoms with E-state index in [1.54, 1.807) is 4.52 Å². The Morgan fingerprint density at radius 1 is 1.07 bits per heavy atom. The molecule has 3 aliphatic rings. The van der Waals surface area contributed by atoms with Crippen molar-refractivity contribution in [3.63, 3.8) is 0 Å². The second kappa shape index (κ2) is 12.0. The predicted octanol–water partition coefficient (Wildman–Crippen LogP) is 6.01. The van der Waals surface area contributed by atoms with Crippen molar-refractivity contribution < 1.29 is 18.0 Å². The van der Waals surface area contributed by atoms with Gasteiger partial charge in [0.1, 0.15) is 0 Å². The highest BCUT2D eigenvalue weighted by molar-refractivity contribution is 5.81. The van der Waals surface area contributed by atoms with Gasteiger partial charge in [-0.05, 0) is 74.1 Å². The third-order valence-corrected chi connectivity index (χ3v) is 8.91. The second-order valence-corrected chi connectivity index (χ2v) is 11.9. The summed E-state index contributed by atoms with van der Waals surface area (Å²) in [6, 6.07) is 12.0. The molecule has 8 nitrogen and oxygen atoms in total. The van der Waals surface area contributed by atoms with Crippen LogP contribution in [0.2, 0.25) is 0 Å². The maximum absolute atomic E-state index is 12.5. The van der Waals surface area contributed by atoms with E-state index in [0.717, 1.165) is 47.7 Å². The van der Waals surface area contributed by atoms with Crippen LogP contribution in [0.3, 0.4) is 0 Å². The van der Waals surface area contributed by atoms with E-state index < -0.39 is 24.9 Å². The number of amides is 1. The van der Waals surface area contributed by atoms with Crippen LogP contribution in [0.5, 0.6) is 0 Å². The zero-order chi connectivity index (χ0) is 30.0. The lowest BCUT2D eigenvalue weighted by Crippen LogP contribution is -2.58. The first-order valence-electron chi connectivity index (χ1n) is 15.1. The number of alkyl halides is 3. The van der Waals surface area contributed by atoms with Crippen molar-refractivity contribution in [2.45, 2.75) is 63.1 Å². The average molecular weight is 594 g/mol. The van der Waals surface area contributed by atoms with E-state index >= 15 is 0 Å². The van der Waals surface area contributed by atoms with Gasteiger partial charge in [0.05, 0.1) is 6.42 Å². The molecule has 0 radical (unpaired) electrons. The maximum Gasteiger partial charge on any atom is 0.389 e. The molecule has 3 aromatic rings. The summed E-state index contributed by atoms with van der Waals surface area (Å²) >= 11 is 0. The van der Waals surface area contributed by atoms with Crippen LogP contribution in [0.25, 0.3) is 16.9 Å². The van der Waals surface area contributed by atoms with E-state index in [0.29, 0.717) is 24.6 Å². The number of hydrogen-bond donors (Lipinski definition) is 2. The van der Waals surface area contributed by atoms with Gasteiger partial charge in [0.25, 0.3) is 0 Å². The Bertz CT molecular complexity index is 1500. The van der Waals surface area contributed by atoms with Crippen molar-refractivity contribution in [3.8, 4) is 0 Å². The number of carbonyl (C=O) groups is 1. The summed E-state index contributed by atoms with van der Waals surface area (Å²) in [7, 11) is 0. The number of nitrogens with zero attached hydrogens (tertiary/aromatic N) is 5. The van der Waals surface area contributed by atoms with E-state index in [1.165, 1.54) is 37.0 Å². The Morgan fingerprint density at radius 2 is 1.88 bits per heavy atom. The Labute approximate surface area is 249 Å². The van der Waals surface area contributed by atoms with E-state index in [1.807, 2.05) is 36.5 Å². The summed E-state index contributed by atoms with van der Waals surface area (Å²) in [5, 5.41) is 11.7. The van der Waals surface area contributed by atoms with Crippen LogP contribution in [0.1, 0.15) is 62.5 Å². The Balaban J connectivity index is 1.10. The highest BCUT2D eigenvalue weighted by Gasteiger charge is 2.36. The minimum Gasteiger partial charge on any atom is -0.370 e. The Morgan fingerprint density at radius 3 is 2.60 bits per heavy atom. The second-order valence-electron chi connectivity index (χ2n) is 11.9. The van der Waals surface area contributed by atoms with E-state index in [2.05, 4.69) is 39.3 Å². The van der Waals surface area contributed by atoms with Gasteiger partial charge in [-0.25, -0.2) is 4.52 Å². The quantitative estimate of drug-likeness (QED) is 0.350. The number of likely N-dealkylation sites (tertiary alicyclic amines) is 1. The van der Waals surface area contributed by atoms with Crippen molar-refractivity contribution in [3.05, 3.63) is 66.4 Å². The molecule has 11 heteroatoms. The fourth-order valence-corrected chi connectivity index (χ4v) is 6.56. The number of aromatic nitrogens is 3. The van der Waals surface area contributed by atoms with Crippen LogP contribution in [-0.4, -0.2) is 74.7 Å². The SMILES string of the molecule is C=C(c1ccc(Nc2nc3c(C4=CCN(C(=O)CCC(F)(F)F)CC4)cccn3n2)cc1)N1CCCC2(CCCCN2)C1. The highest BCUT2D eigenvalue weighted by Crippen LogP contribution is 2.33. The molecule has 228 valence electrons. The van der Waals surface area contributed by atoms with E-state index in [4.69, 9.17) is 4.98 Å². The molecule has 2 fully saturated rings. The number of benzene rings is 1. The largest absolute Gasteiger partial charge is 0.389 e. The van der Waals surface area contributed by atoms with Gasteiger partial charge in [-0.3, -0.25) is 4.79 Å². The molecular formula is C32H38F3N7O. The summed E-state index contributed by atoms with van der Waals surface area (Å²) in [6.07, 6.45) is 4.49. The monoisotopic (exact) mass is 593 g/mol. The third-order valence-electron chi connectivity index (χ3n) is 8.91. The van der Waals surface area contributed by atoms with Crippen LogP contribution in [0.15, 0.2) is 55.3 Å². The Kier molecular flexibility index (Phi) is 8.17. The minimum absolute atomic E-state index is 0.218. The smallest absolute Gasteiger partial charge is 0.370 e. The van der Waals surface area contributed by atoms with Crippen LogP contribution >= 0.6 is 0 Å². The molecule has 2 saturated heterocycles. The average Bonchev–Trinajstić information content (AvgIpc) is 3.43. The zero-order valence-electron chi connectivity index (χ0n) is 24.3. The lowest BCUT2D eigenvalue weighted by Gasteiger charge is -2.47. The van der Waals surface area contributed by atoms with Crippen LogP contribution in [0.4, 0.5) is 24.8 Å². The number of nitrogens with one attached hydrogen (secondary N) is 2. The number of halogens is 3. The molecule has 0 saturated carbocycles. The van der Waals surface area contributed by atoms with E-state index in [9.17, 15) is 18.0 Å². The first-order valence-corrected chi connectivity index (χ1v) is 15.1. The number of hydrogen-bond acceptors (Lipinski definition) is 6. The molecule has 43 heavy (non-hydrogen) atoms. The zero-order valence-corrected chi connectivity index (χ0v) is 24.3. The number of carbonyl (C=O) groups excluding carboxylic acids is 1. The summed E-state index contributed by atoms with van der Waals surface area (Å²) in [5.41, 5.74) is 5.79. The van der Waals surface area contributed by atoms with Gasteiger partial charge in [0.15, 0.2) is 5.65 Å². The number of anilines is 2. The van der Waals surface area contributed by atoms with Crippen molar-refractivity contribution in [2.24, 2.45) is 0 Å². The number of rotatable bonds is 7. The van der Waals surface area contributed by atoms with Crippen LogP contribution in [0, 0.1) is 0 Å². The van der Waals surface area contributed by atoms with Gasteiger partial charge in [-0.2, -0.15) is 18.2 Å². The molecule has 1 atom stereocenters. The van der Waals surface area contributed by atoms with Crippen LogP contribution < -0.4 is 10.6 Å². The van der Waals surface area contributed by atoms with Gasteiger partial charge < -0.3 is 20.4 Å². The first kappa shape index (κ1) is 29.2. The molecule has 3 aliphatic heterocycles. The fraction of sp³-hybridized carbons (Fsp3) is 0.469. The topological polar surface area (TPSA) is 77.8 Å². The molecule has 2 aromatic heterocycles. The summed E-state index contributed by atoms with van der Waals surface area (Å²) in [6.45, 7) is 8.21. The van der Waals surface area contributed by atoms with Gasteiger partial charge in [-0.15, -0.1) is 5.10 Å². The first-order chi connectivity index (χ1) is 20.7. The number of fused-ring (bicyclic) bond motifs is 1. The molecule has 0 aliphatic carbocycles. The van der Waals surface area contributed by atoms with Gasteiger partial charge in [0, 0.05) is 61.3 Å². The van der Waals surface area contributed by atoms with Gasteiger partial charge in [-0.1, -0.05) is 31.2 Å². The predicted molar refractivity (Wildman–Crippen MR) is 162 cm³/mol. The van der Waals surface area contributed by atoms with Crippen molar-refractivity contribution in [1.82, 2.24) is 29.7 Å². The molecule has 2 N–H and O–H groups in total. The number of piperidine rings is 2. The lowest BCUT2D eigenvalue weighted by molar-refractivity contribution is -0.148. The standard InChI is InChI=1S/C32H38F3N7O/c1-23(41-18-5-15-31(22-41)14-2-3-17-36-31)24-7-9-26(10-8-24)37-30-38-29-27(6-4-19-42(29)39-30)25-12-20-40(21-13-25)28(43)11-16-32(33,34)35/h4,6-10,12,19,36H,1-3,5,11,13-18,20-22H2,(H,37,39). The van der Waals surface area contributed by atoms with Crippen LogP contribution in [-0.2, 0) is 4.79 Å². The molecular weight excluding hydrogens is 555 g/mol. The van der Waals surface area contributed by atoms with Crippen molar-refractivity contribution >= 4 is 34.5 Å². The maximum atomic E-state index is 12.5. The Hall–Kier alpha value is -3.86. The molecule has 1 amide bonds. The molecule has 1 spiro atoms. The lowest BCUT2D eigenvalue weighted by atomic mass is 9.81. The van der Waals surface area contributed by atoms with Gasteiger partial charge in [0.2, 0.25) is 11.9 Å². The minimum atomic E-state index is -4.33. The summed E-state index contributed by atoms with van der Waals surface area (Å²) < 4.78 is 39.3. The highest BCUT2D eigenvalue weighted by atomic mass is 19.4. The molecule has 1 unspecified atom stereocenters. The molecule has 1 aromatic carbocycles. The van der Waals surface area contributed by atoms with Gasteiger partial charge >= 0.3 is 6.18 Å². The fourth-order valence-electron chi connectivity index (χ4n) is 6.56. The number of pyridine rings is 1. The van der Waals surface area contributed by atoms with Crippen molar-refractivity contribution in [2.75, 3.05) is 38.0 Å². The normalized spacial score (nSPS) is 21.2. The van der Waals surface area contributed by atoms with E-state index in [-0.39, 0.29) is 12.1 Å². The molecule has 6 rings (SSSR count). The summed E-state index contributed by atoms with van der Waals surface area (Å²) in [4.78, 5) is 20.9. The van der Waals surface area contributed by atoms with Crippen molar-refractivity contribution in [1.29, 1.82) is 0 Å². The molecule has 0 bridgehead atoms. The third kappa shape index (κ3) is 6.71. The molecule has 5 heterocycles. The summed E-state index contributed by atoms with van der Waals surface area (Å²) in [5.74, 6) is -0.0174.